The van der Waals surface area contributed by atoms with Gasteiger partial charge in [-0.1, -0.05) is 6.07 Å². The normalized spacial score (nSPS) is 11.1. The molecule has 1 aromatic rings. The second-order valence-corrected chi connectivity index (χ2v) is 5.42. The van der Waals surface area contributed by atoms with E-state index in [0.29, 0.717) is 19.3 Å². The Kier molecular flexibility index (Phi) is 5.13. The summed E-state index contributed by atoms with van der Waals surface area (Å²) >= 11 is 0. The van der Waals surface area contributed by atoms with Gasteiger partial charge >= 0.3 is 0 Å². The summed E-state index contributed by atoms with van der Waals surface area (Å²) in [7, 11) is -3.91. The first-order valence-electron chi connectivity index (χ1n) is 5.46. The Morgan fingerprint density at radius 1 is 1.39 bits per heavy atom. The molecule has 0 aliphatic heterocycles. The van der Waals surface area contributed by atoms with Gasteiger partial charge in [0.15, 0.2) is 0 Å². The number of hydrogen-bond acceptors (Lipinski definition) is 3. The lowest BCUT2D eigenvalue weighted by Crippen LogP contribution is -2.26. The maximum Gasteiger partial charge on any atom is 0.245 e. The van der Waals surface area contributed by atoms with E-state index in [0.717, 1.165) is 6.07 Å². The van der Waals surface area contributed by atoms with Crippen molar-refractivity contribution < 1.29 is 12.8 Å². The summed E-state index contributed by atoms with van der Waals surface area (Å²) in [6, 6.07) is 3.76. The van der Waals surface area contributed by atoms with E-state index < -0.39 is 20.7 Å². The van der Waals surface area contributed by atoms with Crippen LogP contribution in [0.5, 0.6) is 0 Å². The van der Waals surface area contributed by atoms with Crippen molar-refractivity contribution in [2.45, 2.75) is 24.2 Å². The predicted octanol–water partition coefficient (Wildman–Crippen LogP) is 1.49. The van der Waals surface area contributed by atoms with Gasteiger partial charge in [-0.25, -0.2) is 17.5 Å². The largest absolute Gasteiger partial charge is 0.398 e. The highest BCUT2D eigenvalue weighted by Gasteiger charge is 2.21. The molecule has 1 rings (SSSR count). The average Bonchev–Trinajstić information content (AvgIpc) is 2.28. The standard InChI is InChI=1S/C12H15FN2O2S/c1-2-3-4-5-9-15-18(16,17)12-10(13)7-6-8-11(12)14/h1,6-8,15H,3-5,9,14H2. The van der Waals surface area contributed by atoms with E-state index >= 15 is 0 Å². The third-order valence-electron chi connectivity index (χ3n) is 2.31. The first-order chi connectivity index (χ1) is 8.49. The molecule has 4 nitrogen and oxygen atoms in total. The molecule has 0 radical (unpaired) electrons. The predicted molar refractivity (Wildman–Crippen MR) is 68.7 cm³/mol. The highest BCUT2D eigenvalue weighted by molar-refractivity contribution is 7.89. The number of rotatable bonds is 6. The molecule has 0 saturated heterocycles. The van der Waals surface area contributed by atoms with Crippen molar-refractivity contribution >= 4 is 15.7 Å². The second kappa shape index (κ2) is 6.38. The van der Waals surface area contributed by atoms with Gasteiger partial charge in [-0.05, 0) is 25.0 Å². The molecule has 0 spiro atoms. The lowest BCUT2D eigenvalue weighted by atomic mass is 10.2. The van der Waals surface area contributed by atoms with Crippen molar-refractivity contribution in [3.05, 3.63) is 24.0 Å². The van der Waals surface area contributed by atoms with Gasteiger partial charge < -0.3 is 5.73 Å². The van der Waals surface area contributed by atoms with Gasteiger partial charge in [0.2, 0.25) is 10.0 Å². The Morgan fingerprint density at radius 2 is 2.11 bits per heavy atom. The van der Waals surface area contributed by atoms with Crippen LogP contribution in [0.15, 0.2) is 23.1 Å². The van der Waals surface area contributed by atoms with Gasteiger partial charge in [-0.2, -0.15) is 0 Å². The van der Waals surface area contributed by atoms with Crippen LogP contribution in [0.25, 0.3) is 0 Å². The van der Waals surface area contributed by atoms with Crippen LogP contribution in [-0.4, -0.2) is 15.0 Å². The Balaban J connectivity index is 2.73. The molecule has 0 amide bonds. The molecule has 0 heterocycles. The van der Waals surface area contributed by atoms with Gasteiger partial charge in [0, 0.05) is 13.0 Å². The number of sulfonamides is 1. The second-order valence-electron chi connectivity index (χ2n) is 3.72. The molecular weight excluding hydrogens is 255 g/mol. The van der Waals surface area contributed by atoms with Crippen molar-refractivity contribution in [1.82, 2.24) is 4.72 Å². The summed E-state index contributed by atoms with van der Waals surface area (Å²) in [5, 5.41) is 0. The van der Waals surface area contributed by atoms with E-state index in [1.165, 1.54) is 12.1 Å². The zero-order valence-electron chi connectivity index (χ0n) is 9.82. The van der Waals surface area contributed by atoms with Crippen LogP contribution in [0.1, 0.15) is 19.3 Å². The Labute approximate surface area is 106 Å². The number of nitrogens with two attached hydrogens (primary N) is 1. The van der Waals surface area contributed by atoms with Crippen LogP contribution in [0.3, 0.4) is 0 Å². The van der Waals surface area contributed by atoms with Crippen molar-refractivity contribution in [3.63, 3.8) is 0 Å². The number of hydrogen-bond donors (Lipinski definition) is 2. The summed E-state index contributed by atoms with van der Waals surface area (Å²) in [5.74, 6) is 1.60. The molecule has 1 aromatic carbocycles. The van der Waals surface area contributed by atoms with Crippen LogP contribution >= 0.6 is 0 Å². The van der Waals surface area contributed by atoms with E-state index in [4.69, 9.17) is 12.2 Å². The third-order valence-corrected chi connectivity index (χ3v) is 3.86. The van der Waals surface area contributed by atoms with Crippen LogP contribution in [0.4, 0.5) is 10.1 Å². The highest BCUT2D eigenvalue weighted by Crippen LogP contribution is 2.21. The fraction of sp³-hybridized carbons (Fsp3) is 0.333. The lowest BCUT2D eigenvalue weighted by Gasteiger charge is -2.09. The fourth-order valence-corrected chi connectivity index (χ4v) is 2.70. The molecule has 0 unspecified atom stereocenters. The maximum atomic E-state index is 13.5. The van der Waals surface area contributed by atoms with E-state index in [1.807, 2.05) is 0 Å². The monoisotopic (exact) mass is 270 g/mol. The number of terminal acetylenes is 1. The van der Waals surface area contributed by atoms with Crippen molar-refractivity contribution in [3.8, 4) is 12.3 Å². The lowest BCUT2D eigenvalue weighted by molar-refractivity contribution is 0.556. The van der Waals surface area contributed by atoms with Gasteiger partial charge in [0.05, 0.1) is 5.69 Å². The summed E-state index contributed by atoms with van der Waals surface area (Å²) in [6.45, 7) is 0.206. The Morgan fingerprint density at radius 3 is 2.72 bits per heavy atom. The zero-order chi connectivity index (χ0) is 13.6. The fourth-order valence-electron chi connectivity index (χ4n) is 1.44. The van der Waals surface area contributed by atoms with E-state index in [-0.39, 0.29) is 12.2 Å². The van der Waals surface area contributed by atoms with E-state index in [2.05, 4.69) is 10.6 Å². The number of unbranched alkanes of at least 4 members (excludes halogenated alkanes) is 2. The number of benzene rings is 1. The number of nitrogens with one attached hydrogen (secondary N) is 1. The summed E-state index contributed by atoms with van der Waals surface area (Å²) in [6.07, 6.45) is 6.97. The molecule has 18 heavy (non-hydrogen) atoms. The van der Waals surface area contributed by atoms with Gasteiger partial charge in [0.25, 0.3) is 0 Å². The SMILES string of the molecule is C#CCCCCNS(=O)(=O)c1c(N)cccc1F. The quantitative estimate of drug-likeness (QED) is 0.467. The first kappa shape index (κ1) is 14.5. The molecule has 0 aliphatic rings. The van der Waals surface area contributed by atoms with Gasteiger partial charge in [-0.3, -0.25) is 0 Å². The van der Waals surface area contributed by atoms with Crippen LogP contribution in [0, 0.1) is 18.2 Å². The molecule has 0 bridgehead atoms. The molecule has 0 atom stereocenters. The molecule has 0 aromatic heterocycles. The van der Waals surface area contributed by atoms with Gasteiger partial charge in [-0.15, -0.1) is 12.3 Å². The molecule has 98 valence electrons. The smallest absolute Gasteiger partial charge is 0.245 e. The molecule has 0 aliphatic carbocycles. The van der Waals surface area contributed by atoms with Crippen molar-refractivity contribution in [2.75, 3.05) is 12.3 Å². The summed E-state index contributed by atoms with van der Waals surface area (Å²) in [5.41, 5.74) is 5.37. The minimum absolute atomic E-state index is 0.105. The number of anilines is 1. The molecule has 0 fully saturated rings. The highest BCUT2D eigenvalue weighted by atomic mass is 32.2. The van der Waals surface area contributed by atoms with E-state index in [1.54, 1.807) is 0 Å². The number of nitrogen functional groups attached to an aromatic ring is 1. The third kappa shape index (κ3) is 3.72. The zero-order valence-corrected chi connectivity index (χ0v) is 10.6. The summed E-state index contributed by atoms with van der Waals surface area (Å²) < 4.78 is 39.4. The molecular formula is C12H15FN2O2S. The minimum Gasteiger partial charge on any atom is -0.398 e. The first-order valence-corrected chi connectivity index (χ1v) is 6.94. The van der Waals surface area contributed by atoms with Crippen LogP contribution in [-0.2, 0) is 10.0 Å². The molecule has 6 heteroatoms. The maximum absolute atomic E-state index is 13.5. The minimum atomic E-state index is -3.91. The van der Waals surface area contributed by atoms with Crippen molar-refractivity contribution in [1.29, 1.82) is 0 Å². The van der Waals surface area contributed by atoms with E-state index in [9.17, 15) is 12.8 Å². The summed E-state index contributed by atoms with van der Waals surface area (Å²) in [4.78, 5) is -0.498. The topological polar surface area (TPSA) is 72.2 Å². The Bertz CT molecular complexity index is 529. The number of halogens is 1. The Hall–Kier alpha value is -1.58. The molecule has 0 saturated carbocycles. The van der Waals surface area contributed by atoms with Crippen LogP contribution < -0.4 is 10.5 Å². The van der Waals surface area contributed by atoms with Crippen LogP contribution in [0.2, 0.25) is 0 Å². The van der Waals surface area contributed by atoms with Gasteiger partial charge in [0.1, 0.15) is 10.7 Å². The molecule has 3 N–H and O–H groups in total. The average molecular weight is 270 g/mol. The van der Waals surface area contributed by atoms with Crippen molar-refractivity contribution in [2.24, 2.45) is 0 Å².